The fourth-order valence-corrected chi connectivity index (χ4v) is 4.76. The van der Waals surface area contributed by atoms with Gasteiger partial charge in [-0.25, -0.2) is 8.42 Å². The Kier molecular flexibility index (Phi) is 3.38. The molecule has 0 fully saturated rings. The summed E-state index contributed by atoms with van der Waals surface area (Å²) in [5, 5.41) is 7.09. The minimum absolute atomic E-state index is 0.00714. The van der Waals surface area contributed by atoms with Crippen LogP contribution in [0.3, 0.4) is 0 Å². The Balaban J connectivity index is 2.08. The second-order valence-corrected chi connectivity index (χ2v) is 8.42. The quantitative estimate of drug-likeness (QED) is 0.480. The first-order valence-corrected chi connectivity index (χ1v) is 9.49. The summed E-state index contributed by atoms with van der Waals surface area (Å²) < 4.78 is 26.7. The molecular formula is C15H10BrClN4O2S. The molecule has 3 N–H and O–H groups in total. The minimum atomic E-state index is -3.78. The Hall–Kier alpha value is -2.03. The molecule has 0 aliphatic carbocycles. The number of hydrogen-bond donors (Lipinski definition) is 2. The van der Waals surface area contributed by atoms with E-state index in [-0.39, 0.29) is 21.4 Å². The van der Waals surface area contributed by atoms with Crippen molar-refractivity contribution in [1.82, 2.24) is 10.2 Å². The molecule has 1 aliphatic rings. The number of benzene rings is 2. The molecule has 0 bridgehead atoms. The number of fused-ring (bicyclic) bond motifs is 2. The van der Waals surface area contributed by atoms with E-state index in [0.29, 0.717) is 10.7 Å². The number of sulfone groups is 1. The Labute approximate surface area is 151 Å². The molecular weight excluding hydrogens is 416 g/mol. The van der Waals surface area contributed by atoms with Crippen LogP contribution in [0.4, 0.5) is 23.0 Å². The normalized spacial score (nSPS) is 15.0. The van der Waals surface area contributed by atoms with Crippen LogP contribution < -0.4 is 10.6 Å². The van der Waals surface area contributed by atoms with Crippen LogP contribution >= 0.6 is 27.5 Å². The maximum absolute atomic E-state index is 12.9. The molecule has 0 saturated heterocycles. The highest BCUT2D eigenvalue weighted by Gasteiger charge is 2.39. The van der Waals surface area contributed by atoms with Crippen molar-refractivity contribution in [2.24, 2.45) is 0 Å². The van der Waals surface area contributed by atoms with Gasteiger partial charge in [-0.15, -0.1) is 0 Å². The zero-order valence-electron chi connectivity index (χ0n) is 12.0. The van der Waals surface area contributed by atoms with Crippen LogP contribution in [0.25, 0.3) is 0 Å². The fourth-order valence-electron chi connectivity index (χ4n) is 2.72. The number of hydrogen-bond acceptors (Lipinski definition) is 5. The van der Waals surface area contributed by atoms with Crippen molar-refractivity contribution in [2.75, 3.05) is 10.6 Å². The summed E-state index contributed by atoms with van der Waals surface area (Å²) in [5.74, 6) is 0.234. The third-order valence-electron chi connectivity index (χ3n) is 3.75. The number of nitrogens with one attached hydrogen (secondary N) is 1. The standard InChI is InChI=1S/C15H10BrClN4O2S/c16-8-1-4-10(5-2-8)21-11-7-9(17)3-6-12(11)24(22,23)13-14(18)19-20-15(13)21/h1-7H,(H3,18,19,20). The Morgan fingerprint density at radius 3 is 2.58 bits per heavy atom. The summed E-state index contributed by atoms with van der Waals surface area (Å²) in [6.07, 6.45) is 0. The molecule has 0 unspecified atom stereocenters. The van der Waals surface area contributed by atoms with Crippen LogP contribution in [0.2, 0.25) is 5.02 Å². The molecule has 6 nitrogen and oxygen atoms in total. The predicted molar refractivity (Wildman–Crippen MR) is 95.8 cm³/mol. The van der Waals surface area contributed by atoms with Crippen LogP contribution in [0.15, 0.2) is 56.7 Å². The van der Waals surface area contributed by atoms with Gasteiger partial charge in [0, 0.05) is 15.2 Å². The van der Waals surface area contributed by atoms with Crippen LogP contribution in [-0.2, 0) is 9.84 Å². The summed E-state index contributed by atoms with van der Waals surface area (Å²) in [4.78, 5) is 1.83. The number of nitrogens with zero attached hydrogens (tertiary/aromatic N) is 2. The summed E-state index contributed by atoms with van der Waals surface area (Å²) in [7, 11) is -3.78. The Morgan fingerprint density at radius 2 is 1.88 bits per heavy atom. The van der Waals surface area contributed by atoms with E-state index >= 15 is 0 Å². The average Bonchev–Trinajstić information content (AvgIpc) is 2.91. The summed E-state index contributed by atoms with van der Waals surface area (Å²) in [6.45, 7) is 0. The summed E-state index contributed by atoms with van der Waals surface area (Å²) >= 11 is 9.49. The number of H-pyrrole nitrogens is 1. The molecule has 2 aromatic carbocycles. The molecule has 24 heavy (non-hydrogen) atoms. The monoisotopic (exact) mass is 424 g/mol. The first kappa shape index (κ1) is 15.5. The fraction of sp³-hybridized carbons (Fsp3) is 0. The lowest BCUT2D eigenvalue weighted by Crippen LogP contribution is -2.22. The lowest BCUT2D eigenvalue weighted by atomic mass is 10.2. The van der Waals surface area contributed by atoms with Gasteiger partial charge in [-0.2, -0.15) is 5.10 Å². The smallest absolute Gasteiger partial charge is 0.216 e. The molecule has 0 amide bonds. The van der Waals surface area contributed by atoms with Crippen molar-refractivity contribution in [3.8, 4) is 0 Å². The molecule has 3 aromatic rings. The highest BCUT2D eigenvalue weighted by atomic mass is 79.9. The molecule has 4 rings (SSSR count). The van der Waals surface area contributed by atoms with Crippen molar-refractivity contribution in [1.29, 1.82) is 0 Å². The highest BCUT2D eigenvalue weighted by Crippen LogP contribution is 2.49. The van der Waals surface area contributed by atoms with Crippen LogP contribution in [0.1, 0.15) is 0 Å². The van der Waals surface area contributed by atoms with Gasteiger partial charge in [0.15, 0.2) is 10.7 Å². The third-order valence-corrected chi connectivity index (χ3v) is 6.37. The van der Waals surface area contributed by atoms with Crippen molar-refractivity contribution in [3.63, 3.8) is 0 Å². The second kappa shape index (κ2) is 5.23. The zero-order chi connectivity index (χ0) is 17.1. The van der Waals surface area contributed by atoms with E-state index in [1.807, 2.05) is 24.3 Å². The summed E-state index contributed by atoms with van der Waals surface area (Å²) in [6, 6.07) is 12.0. The van der Waals surface area contributed by atoms with Crippen molar-refractivity contribution < 1.29 is 8.42 Å². The van der Waals surface area contributed by atoms with Crippen molar-refractivity contribution in [2.45, 2.75) is 9.79 Å². The first-order chi connectivity index (χ1) is 11.4. The van der Waals surface area contributed by atoms with Gasteiger partial charge in [0.2, 0.25) is 9.84 Å². The van der Waals surface area contributed by atoms with Gasteiger partial charge >= 0.3 is 0 Å². The second-order valence-electron chi connectivity index (χ2n) is 5.22. The zero-order valence-corrected chi connectivity index (χ0v) is 15.2. The maximum Gasteiger partial charge on any atom is 0.216 e. The lowest BCUT2D eigenvalue weighted by Gasteiger charge is -2.30. The SMILES string of the molecule is Nc1[nH]nc2c1S(=O)(=O)c1ccc(Cl)cc1N2c1ccc(Br)cc1. The van der Waals surface area contributed by atoms with E-state index < -0.39 is 9.84 Å². The number of nitrogens with two attached hydrogens (primary N) is 1. The maximum atomic E-state index is 12.9. The molecule has 1 aromatic heterocycles. The van der Waals surface area contributed by atoms with Gasteiger partial charge in [-0.05, 0) is 42.5 Å². The van der Waals surface area contributed by atoms with Gasteiger partial charge in [0.1, 0.15) is 5.82 Å². The average molecular weight is 426 g/mol. The predicted octanol–water partition coefficient (Wildman–Crippen LogP) is 4.02. The first-order valence-electron chi connectivity index (χ1n) is 6.84. The minimum Gasteiger partial charge on any atom is -0.383 e. The summed E-state index contributed by atoms with van der Waals surface area (Å²) in [5.41, 5.74) is 7.01. The van der Waals surface area contributed by atoms with E-state index in [0.717, 1.165) is 10.2 Å². The van der Waals surface area contributed by atoms with Gasteiger partial charge in [-0.3, -0.25) is 10.00 Å². The Morgan fingerprint density at radius 1 is 1.17 bits per heavy atom. The molecule has 0 atom stereocenters. The largest absolute Gasteiger partial charge is 0.383 e. The van der Waals surface area contributed by atoms with Gasteiger partial charge in [0.05, 0.1) is 10.6 Å². The van der Waals surface area contributed by atoms with E-state index in [1.165, 1.54) is 6.07 Å². The van der Waals surface area contributed by atoms with Gasteiger partial charge in [0.25, 0.3) is 0 Å². The van der Waals surface area contributed by atoms with Gasteiger partial charge < -0.3 is 5.73 Å². The molecule has 122 valence electrons. The highest BCUT2D eigenvalue weighted by molar-refractivity contribution is 9.10. The molecule has 0 radical (unpaired) electrons. The topological polar surface area (TPSA) is 92.1 Å². The van der Waals surface area contributed by atoms with E-state index in [1.54, 1.807) is 17.0 Å². The van der Waals surface area contributed by atoms with Crippen LogP contribution in [-0.4, -0.2) is 18.6 Å². The third kappa shape index (κ3) is 2.14. The number of aromatic nitrogens is 2. The Bertz CT molecular complexity index is 1060. The number of aromatic amines is 1. The van der Waals surface area contributed by atoms with Gasteiger partial charge in [-0.1, -0.05) is 27.5 Å². The number of rotatable bonds is 1. The number of anilines is 4. The van der Waals surface area contributed by atoms with Crippen LogP contribution in [0, 0.1) is 0 Å². The van der Waals surface area contributed by atoms with E-state index in [9.17, 15) is 8.42 Å². The van der Waals surface area contributed by atoms with E-state index in [2.05, 4.69) is 26.1 Å². The number of halogens is 2. The molecule has 1 aliphatic heterocycles. The molecule has 2 heterocycles. The van der Waals surface area contributed by atoms with Crippen molar-refractivity contribution in [3.05, 3.63) is 52.0 Å². The van der Waals surface area contributed by atoms with Crippen molar-refractivity contribution >= 4 is 60.4 Å². The molecule has 9 heteroatoms. The lowest BCUT2D eigenvalue weighted by molar-refractivity contribution is 0.595. The number of nitrogen functional groups attached to an aromatic ring is 1. The molecule has 0 spiro atoms. The van der Waals surface area contributed by atoms with E-state index in [4.69, 9.17) is 17.3 Å². The molecule has 0 saturated carbocycles. The van der Waals surface area contributed by atoms with Crippen LogP contribution in [0.5, 0.6) is 0 Å².